The van der Waals surface area contributed by atoms with Crippen molar-refractivity contribution in [1.82, 2.24) is 10.3 Å². The SMILES string of the molecule is COc1cc(C)c(C(C)NC(=O)c2ccc(S(N)(=O)=O)nc2)cc1OC. The zero-order valence-corrected chi connectivity index (χ0v) is 15.8. The number of nitrogens with two attached hydrogens (primary N) is 1. The fourth-order valence-electron chi connectivity index (χ4n) is 2.50. The average Bonchev–Trinajstić information content (AvgIpc) is 2.60. The van der Waals surface area contributed by atoms with Crippen LogP contribution in [0.25, 0.3) is 0 Å². The lowest BCUT2D eigenvalue weighted by atomic mass is 10.0. The van der Waals surface area contributed by atoms with Crippen LogP contribution in [0.15, 0.2) is 35.5 Å². The van der Waals surface area contributed by atoms with Gasteiger partial charge in [-0.05, 0) is 49.2 Å². The van der Waals surface area contributed by atoms with Crippen LogP contribution in [0.1, 0.15) is 34.5 Å². The van der Waals surface area contributed by atoms with Crippen molar-refractivity contribution in [2.75, 3.05) is 14.2 Å². The first-order chi connectivity index (χ1) is 12.2. The van der Waals surface area contributed by atoms with E-state index in [2.05, 4.69) is 10.3 Å². The number of rotatable bonds is 6. The Morgan fingerprint density at radius 2 is 1.81 bits per heavy atom. The molecule has 8 nitrogen and oxygen atoms in total. The molecule has 1 unspecified atom stereocenters. The van der Waals surface area contributed by atoms with Crippen molar-refractivity contribution in [2.24, 2.45) is 5.14 Å². The summed E-state index contributed by atoms with van der Waals surface area (Å²) in [4.78, 5) is 16.1. The second-order valence-electron chi connectivity index (χ2n) is 5.69. The van der Waals surface area contributed by atoms with Crippen molar-refractivity contribution >= 4 is 15.9 Å². The fourth-order valence-corrected chi connectivity index (χ4v) is 2.96. The minimum Gasteiger partial charge on any atom is -0.493 e. The van der Waals surface area contributed by atoms with Gasteiger partial charge in [-0.25, -0.2) is 18.5 Å². The lowest BCUT2D eigenvalue weighted by Gasteiger charge is -2.19. The maximum absolute atomic E-state index is 12.4. The fraction of sp³-hybridized carbons (Fsp3) is 0.294. The summed E-state index contributed by atoms with van der Waals surface area (Å²) >= 11 is 0. The van der Waals surface area contributed by atoms with Crippen LogP contribution in [0.4, 0.5) is 0 Å². The molecule has 3 N–H and O–H groups in total. The first kappa shape index (κ1) is 19.7. The number of nitrogens with one attached hydrogen (secondary N) is 1. The monoisotopic (exact) mass is 379 g/mol. The zero-order chi connectivity index (χ0) is 19.5. The Bertz CT molecular complexity index is 911. The Kier molecular flexibility index (Phi) is 5.83. The molecule has 0 aliphatic heterocycles. The molecule has 0 aliphatic carbocycles. The normalized spacial score (nSPS) is 12.3. The van der Waals surface area contributed by atoms with E-state index in [0.717, 1.165) is 11.1 Å². The van der Waals surface area contributed by atoms with Gasteiger partial charge in [0.1, 0.15) is 0 Å². The molecule has 9 heteroatoms. The Morgan fingerprint density at radius 3 is 2.31 bits per heavy atom. The third-order valence-corrected chi connectivity index (χ3v) is 4.70. The van der Waals surface area contributed by atoms with Gasteiger partial charge < -0.3 is 14.8 Å². The summed E-state index contributed by atoms with van der Waals surface area (Å²) < 4.78 is 33.0. The molecule has 0 radical (unpaired) electrons. The van der Waals surface area contributed by atoms with E-state index in [9.17, 15) is 13.2 Å². The first-order valence-corrected chi connectivity index (χ1v) is 9.24. The Balaban J connectivity index is 2.21. The van der Waals surface area contributed by atoms with Gasteiger partial charge in [0.15, 0.2) is 16.5 Å². The number of ether oxygens (including phenoxy) is 2. The summed E-state index contributed by atoms with van der Waals surface area (Å²) in [5.41, 5.74) is 2.02. The molecular weight excluding hydrogens is 358 g/mol. The molecule has 1 aromatic heterocycles. The number of aromatic nitrogens is 1. The maximum atomic E-state index is 12.4. The van der Waals surface area contributed by atoms with Gasteiger partial charge in [0.05, 0.1) is 25.8 Å². The molecule has 1 aromatic carbocycles. The standard InChI is InChI=1S/C17H21N3O5S/c1-10-7-14(24-3)15(25-4)8-13(10)11(2)20-17(21)12-5-6-16(19-9-12)26(18,22)23/h5-9,11H,1-4H3,(H,20,21)(H2,18,22,23). The molecule has 0 fully saturated rings. The molecule has 1 atom stereocenters. The number of primary sulfonamides is 1. The third kappa shape index (κ3) is 4.30. The Labute approximate surface area is 152 Å². The molecule has 1 amide bonds. The number of methoxy groups -OCH3 is 2. The van der Waals surface area contributed by atoms with Gasteiger partial charge in [-0.15, -0.1) is 0 Å². The number of hydrogen-bond donors (Lipinski definition) is 2. The van der Waals surface area contributed by atoms with Gasteiger partial charge in [-0.1, -0.05) is 0 Å². The molecule has 2 aromatic rings. The van der Waals surface area contributed by atoms with Crippen LogP contribution in [0, 0.1) is 6.92 Å². The minimum absolute atomic E-state index is 0.224. The van der Waals surface area contributed by atoms with Gasteiger partial charge in [0, 0.05) is 6.20 Å². The highest BCUT2D eigenvalue weighted by Crippen LogP contribution is 2.32. The summed E-state index contributed by atoms with van der Waals surface area (Å²) in [5.74, 6) is 0.781. The van der Waals surface area contributed by atoms with Gasteiger partial charge in [0.25, 0.3) is 15.9 Å². The van der Waals surface area contributed by atoms with Crippen LogP contribution in [-0.2, 0) is 10.0 Å². The lowest BCUT2D eigenvalue weighted by Crippen LogP contribution is -2.27. The summed E-state index contributed by atoms with van der Waals surface area (Å²) in [6.07, 6.45) is 1.17. The van der Waals surface area contributed by atoms with Crippen LogP contribution < -0.4 is 19.9 Å². The molecule has 2 rings (SSSR count). The van der Waals surface area contributed by atoms with Crippen LogP contribution in [0.2, 0.25) is 0 Å². The van der Waals surface area contributed by atoms with E-state index in [1.54, 1.807) is 14.2 Å². The summed E-state index contributed by atoms with van der Waals surface area (Å²) in [6.45, 7) is 3.74. The molecule has 0 spiro atoms. The molecule has 0 saturated heterocycles. The molecule has 1 heterocycles. The van der Waals surface area contributed by atoms with Crippen LogP contribution >= 0.6 is 0 Å². The number of sulfonamides is 1. The van der Waals surface area contributed by atoms with E-state index < -0.39 is 10.0 Å². The van der Waals surface area contributed by atoms with Crippen molar-refractivity contribution < 1.29 is 22.7 Å². The largest absolute Gasteiger partial charge is 0.493 e. The van der Waals surface area contributed by atoms with Crippen LogP contribution in [0.5, 0.6) is 11.5 Å². The van der Waals surface area contributed by atoms with Gasteiger partial charge in [0.2, 0.25) is 0 Å². The van der Waals surface area contributed by atoms with Crippen molar-refractivity contribution in [2.45, 2.75) is 24.9 Å². The minimum atomic E-state index is -3.90. The highest BCUT2D eigenvalue weighted by molar-refractivity contribution is 7.89. The topological polar surface area (TPSA) is 121 Å². The summed E-state index contributed by atoms with van der Waals surface area (Å²) in [5, 5.41) is 7.54. The van der Waals surface area contributed by atoms with Crippen LogP contribution in [-0.4, -0.2) is 33.5 Å². The summed E-state index contributed by atoms with van der Waals surface area (Å²) in [7, 11) is -0.803. The van der Waals surface area contributed by atoms with E-state index in [4.69, 9.17) is 14.6 Å². The van der Waals surface area contributed by atoms with Crippen molar-refractivity contribution in [3.63, 3.8) is 0 Å². The van der Waals surface area contributed by atoms with Crippen molar-refractivity contribution in [1.29, 1.82) is 0 Å². The van der Waals surface area contributed by atoms with E-state index in [-0.39, 0.29) is 22.5 Å². The third-order valence-electron chi connectivity index (χ3n) is 3.88. The van der Waals surface area contributed by atoms with Gasteiger partial charge >= 0.3 is 0 Å². The molecular formula is C17H21N3O5S. The highest BCUT2D eigenvalue weighted by Gasteiger charge is 2.17. The van der Waals surface area contributed by atoms with Gasteiger partial charge in [-0.3, -0.25) is 4.79 Å². The molecule has 140 valence electrons. The van der Waals surface area contributed by atoms with E-state index in [1.165, 1.54) is 18.3 Å². The second kappa shape index (κ2) is 7.71. The van der Waals surface area contributed by atoms with Crippen molar-refractivity contribution in [3.05, 3.63) is 47.2 Å². The number of amides is 1. The number of pyridine rings is 1. The summed E-state index contributed by atoms with van der Waals surface area (Å²) in [6, 6.07) is 5.87. The first-order valence-electron chi connectivity index (χ1n) is 7.69. The number of aryl methyl sites for hydroxylation is 1. The van der Waals surface area contributed by atoms with E-state index in [1.807, 2.05) is 26.0 Å². The molecule has 26 heavy (non-hydrogen) atoms. The number of hydrogen-bond acceptors (Lipinski definition) is 6. The Morgan fingerprint density at radius 1 is 1.19 bits per heavy atom. The predicted octanol–water partition coefficient (Wildman–Crippen LogP) is 1.55. The number of nitrogens with zero attached hydrogens (tertiary/aromatic N) is 1. The predicted molar refractivity (Wildman–Crippen MR) is 95.8 cm³/mol. The number of carbonyl (C=O) groups is 1. The average molecular weight is 379 g/mol. The zero-order valence-electron chi connectivity index (χ0n) is 14.9. The molecule has 0 aliphatic rings. The second-order valence-corrected chi connectivity index (χ2v) is 7.20. The maximum Gasteiger partial charge on any atom is 0.255 e. The highest BCUT2D eigenvalue weighted by atomic mass is 32.2. The van der Waals surface area contributed by atoms with Crippen LogP contribution in [0.3, 0.4) is 0 Å². The molecule has 0 bridgehead atoms. The van der Waals surface area contributed by atoms with E-state index >= 15 is 0 Å². The smallest absolute Gasteiger partial charge is 0.255 e. The molecule has 0 saturated carbocycles. The number of carbonyl (C=O) groups excluding carboxylic acids is 1. The quantitative estimate of drug-likeness (QED) is 0.785. The lowest BCUT2D eigenvalue weighted by molar-refractivity contribution is 0.0939. The van der Waals surface area contributed by atoms with Crippen molar-refractivity contribution in [3.8, 4) is 11.5 Å². The van der Waals surface area contributed by atoms with E-state index in [0.29, 0.717) is 11.5 Å². The Hall–Kier alpha value is -2.65. The van der Waals surface area contributed by atoms with Gasteiger partial charge in [-0.2, -0.15) is 0 Å². The number of benzene rings is 1.